The lowest BCUT2D eigenvalue weighted by Gasteiger charge is -2.12. The molecule has 0 aromatic heterocycles. The van der Waals surface area contributed by atoms with Gasteiger partial charge in [-0.3, -0.25) is 4.79 Å². The predicted octanol–water partition coefficient (Wildman–Crippen LogP) is 3.40. The topological polar surface area (TPSA) is 17.1 Å². The van der Waals surface area contributed by atoms with Gasteiger partial charge in [-0.25, -0.2) is 0 Å². The Morgan fingerprint density at radius 3 is 2.57 bits per heavy atom. The highest BCUT2D eigenvalue weighted by molar-refractivity contribution is 5.95. The first-order valence-corrected chi connectivity index (χ1v) is 4.78. The summed E-state index contributed by atoms with van der Waals surface area (Å²) in [6, 6.07) is 0. The van der Waals surface area contributed by atoms with Crippen molar-refractivity contribution in [2.75, 3.05) is 0 Å². The zero-order valence-electron chi connectivity index (χ0n) is 7.86. The van der Waals surface area contributed by atoms with E-state index in [1.807, 2.05) is 0 Å². The Morgan fingerprint density at radius 1 is 1.36 bits per heavy atom. The maximum absolute atomic E-state index is 11.8. The van der Waals surface area contributed by atoms with Crippen LogP contribution in [-0.2, 0) is 4.79 Å². The van der Waals surface area contributed by atoms with E-state index in [-0.39, 0.29) is 5.78 Å². The monoisotopic (exact) mass is 206 g/mol. The maximum Gasteiger partial charge on any atom is 0.389 e. The number of carbonyl (C=O) groups is 1. The van der Waals surface area contributed by atoms with Crippen LogP contribution in [0.4, 0.5) is 13.2 Å². The van der Waals surface area contributed by atoms with Gasteiger partial charge in [-0.2, -0.15) is 13.2 Å². The smallest absolute Gasteiger partial charge is 0.295 e. The summed E-state index contributed by atoms with van der Waals surface area (Å²) in [5.74, 6) is -0.331. The van der Waals surface area contributed by atoms with E-state index in [0.29, 0.717) is 12.0 Å². The van der Waals surface area contributed by atoms with E-state index in [0.717, 1.165) is 19.3 Å². The second kappa shape index (κ2) is 4.62. The molecule has 1 aliphatic carbocycles. The molecular weight excluding hydrogens is 193 g/mol. The summed E-state index contributed by atoms with van der Waals surface area (Å²) in [6.45, 7) is 0. The third-order valence-electron chi connectivity index (χ3n) is 2.28. The van der Waals surface area contributed by atoms with E-state index in [4.69, 9.17) is 0 Å². The van der Waals surface area contributed by atoms with Gasteiger partial charge in [0.25, 0.3) is 0 Å². The van der Waals surface area contributed by atoms with Crippen LogP contribution < -0.4 is 0 Å². The summed E-state index contributed by atoms with van der Waals surface area (Å²) < 4.78 is 35.4. The number of carbonyl (C=O) groups excluding carboxylic acids is 1. The van der Waals surface area contributed by atoms with Gasteiger partial charge in [-0.1, -0.05) is 6.08 Å². The van der Waals surface area contributed by atoms with E-state index < -0.39 is 19.0 Å². The van der Waals surface area contributed by atoms with Crippen LogP contribution in [0.15, 0.2) is 11.6 Å². The quantitative estimate of drug-likeness (QED) is 0.691. The lowest BCUT2D eigenvalue weighted by molar-refractivity contribution is -0.141. The molecule has 1 aliphatic rings. The zero-order chi connectivity index (χ0) is 10.6. The SMILES string of the molecule is O=C(CCC(F)(F)F)C1=CCCCC1. The molecule has 0 saturated heterocycles. The minimum Gasteiger partial charge on any atom is -0.295 e. The molecule has 0 unspecified atom stereocenters. The normalized spacial score (nSPS) is 17.8. The third kappa shape index (κ3) is 3.94. The lowest BCUT2D eigenvalue weighted by Crippen LogP contribution is -2.13. The molecule has 0 spiro atoms. The van der Waals surface area contributed by atoms with Crippen molar-refractivity contribution in [2.45, 2.75) is 44.7 Å². The van der Waals surface area contributed by atoms with Crippen molar-refractivity contribution in [3.63, 3.8) is 0 Å². The number of allylic oxidation sites excluding steroid dienone is 2. The minimum absolute atomic E-state index is 0.331. The molecule has 0 amide bonds. The summed E-state index contributed by atoms with van der Waals surface area (Å²) in [4.78, 5) is 11.3. The molecular formula is C10H13F3O. The van der Waals surface area contributed by atoms with Crippen molar-refractivity contribution in [3.8, 4) is 0 Å². The molecule has 14 heavy (non-hydrogen) atoms. The second-order valence-electron chi connectivity index (χ2n) is 3.51. The molecule has 0 saturated carbocycles. The Morgan fingerprint density at radius 2 is 2.07 bits per heavy atom. The molecule has 80 valence electrons. The van der Waals surface area contributed by atoms with E-state index in [2.05, 4.69) is 0 Å². The molecule has 0 aliphatic heterocycles. The Balaban J connectivity index is 2.38. The van der Waals surface area contributed by atoms with Crippen molar-refractivity contribution in [2.24, 2.45) is 0 Å². The number of Topliss-reactive ketones (excluding diaryl/α,β-unsaturated/α-hetero) is 1. The van der Waals surface area contributed by atoms with Gasteiger partial charge >= 0.3 is 6.18 Å². The van der Waals surface area contributed by atoms with Crippen LogP contribution in [0.25, 0.3) is 0 Å². The van der Waals surface area contributed by atoms with Crippen LogP contribution in [-0.4, -0.2) is 12.0 Å². The fraction of sp³-hybridized carbons (Fsp3) is 0.700. The molecule has 0 fully saturated rings. The Labute approximate surface area is 81.0 Å². The first-order chi connectivity index (χ1) is 6.49. The molecule has 0 heterocycles. The van der Waals surface area contributed by atoms with Gasteiger partial charge in [-0.15, -0.1) is 0 Å². The van der Waals surface area contributed by atoms with Crippen LogP contribution in [0.5, 0.6) is 0 Å². The molecule has 0 aromatic carbocycles. The van der Waals surface area contributed by atoms with E-state index >= 15 is 0 Å². The summed E-state index contributed by atoms with van der Waals surface area (Å²) >= 11 is 0. The maximum atomic E-state index is 11.8. The number of hydrogen-bond acceptors (Lipinski definition) is 1. The van der Waals surface area contributed by atoms with E-state index in [1.165, 1.54) is 0 Å². The van der Waals surface area contributed by atoms with Crippen LogP contribution in [0.2, 0.25) is 0 Å². The molecule has 0 atom stereocenters. The van der Waals surface area contributed by atoms with Gasteiger partial charge in [0.15, 0.2) is 5.78 Å². The summed E-state index contributed by atoms with van der Waals surface area (Å²) in [7, 11) is 0. The molecule has 0 N–H and O–H groups in total. The molecule has 0 aromatic rings. The Kier molecular flexibility index (Phi) is 3.72. The molecule has 0 radical (unpaired) electrons. The molecule has 4 heteroatoms. The van der Waals surface area contributed by atoms with E-state index in [1.54, 1.807) is 6.08 Å². The van der Waals surface area contributed by atoms with Gasteiger partial charge in [0.2, 0.25) is 0 Å². The van der Waals surface area contributed by atoms with Crippen LogP contribution in [0.3, 0.4) is 0 Å². The summed E-state index contributed by atoms with van der Waals surface area (Å²) in [6.07, 6.45) is -0.394. The van der Waals surface area contributed by atoms with Crippen LogP contribution in [0.1, 0.15) is 38.5 Å². The van der Waals surface area contributed by atoms with Crippen molar-refractivity contribution < 1.29 is 18.0 Å². The minimum atomic E-state index is -4.22. The largest absolute Gasteiger partial charge is 0.389 e. The number of hydrogen-bond donors (Lipinski definition) is 0. The van der Waals surface area contributed by atoms with Gasteiger partial charge in [0, 0.05) is 6.42 Å². The molecule has 1 nitrogen and oxygen atoms in total. The molecule has 1 rings (SSSR count). The number of alkyl halides is 3. The number of halogens is 3. The Hall–Kier alpha value is -0.800. The van der Waals surface area contributed by atoms with Crippen LogP contribution >= 0.6 is 0 Å². The average molecular weight is 206 g/mol. The fourth-order valence-corrected chi connectivity index (χ4v) is 1.51. The Bertz CT molecular complexity index is 240. The highest BCUT2D eigenvalue weighted by Gasteiger charge is 2.28. The highest BCUT2D eigenvalue weighted by Crippen LogP contribution is 2.25. The van der Waals surface area contributed by atoms with Gasteiger partial charge < -0.3 is 0 Å². The van der Waals surface area contributed by atoms with Gasteiger partial charge in [-0.05, 0) is 31.3 Å². The number of rotatable bonds is 3. The number of ketones is 1. The molecule has 0 bridgehead atoms. The van der Waals surface area contributed by atoms with E-state index in [9.17, 15) is 18.0 Å². The zero-order valence-corrected chi connectivity index (χ0v) is 7.86. The predicted molar refractivity (Wildman–Crippen MR) is 46.8 cm³/mol. The van der Waals surface area contributed by atoms with Crippen molar-refractivity contribution >= 4 is 5.78 Å². The van der Waals surface area contributed by atoms with Crippen molar-refractivity contribution in [1.82, 2.24) is 0 Å². The third-order valence-corrected chi connectivity index (χ3v) is 2.28. The van der Waals surface area contributed by atoms with Gasteiger partial charge in [0.1, 0.15) is 0 Å². The first-order valence-electron chi connectivity index (χ1n) is 4.78. The van der Waals surface area contributed by atoms with Crippen molar-refractivity contribution in [1.29, 1.82) is 0 Å². The summed E-state index contributed by atoms with van der Waals surface area (Å²) in [5, 5.41) is 0. The highest BCUT2D eigenvalue weighted by atomic mass is 19.4. The van der Waals surface area contributed by atoms with Crippen molar-refractivity contribution in [3.05, 3.63) is 11.6 Å². The first kappa shape index (κ1) is 11.3. The lowest BCUT2D eigenvalue weighted by atomic mass is 9.94. The van der Waals surface area contributed by atoms with Gasteiger partial charge in [0.05, 0.1) is 6.42 Å². The standard InChI is InChI=1S/C10H13F3O/c11-10(12,13)7-6-9(14)8-4-2-1-3-5-8/h4H,1-3,5-7H2. The second-order valence-corrected chi connectivity index (χ2v) is 3.51. The average Bonchev–Trinajstić information content (AvgIpc) is 2.14. The van der Waals surface area contributed by atoms with Crippen LogP contribution in [0, 0.1) is 0 Å². The fourth-order valence-electron chi connectivity index (χ4n) is 1.51. The summed E-state index contributed by atoms with van der Waals surface area (Å²) in [5.41, 5.74) is 0.598.